The topological polar surface area (TPSA) is 87.8 Å². The monoisotopic (exact) mass is 297 g/mol. The van der Waals surface area contributed by atoms with Crippen molar-refractivity contribution in [2.24, 2.45) is 4.99 Å². The van der Waals surface area contributed by atoms with Crippen LogP contribution in [0, 0.1) is 15.9 Å². The molecule has 0 heterocycles. The molecule has 0 amide bonds. The molecule has 0 radical (unpaired) electrons. The van der Waals surface area contributed by atoms with Crippen LogP contribution in [0.5, 0.6) is 5.75 Å². The van der Waals surface area contributed by atoms with Gasteiger partial charge in [0.05, 0.1) is 4.92 Å². The van der Waals surface area contributed by atoms with Crippen LogP contribution in [0.1, 0.15) is 40.2 Å². The van der Waals surface area contributed by atoms with Gasteiger partial charge in [-0.15, -0.1) is 0 Å². The molecule has 0 spiro atoms. The predicted molar refractivity (Wildman–Crippen MR) is 80.8 cm³/mol. The van der Waals surface area contributed by atoms with Gasteiger partial charge in [0, 0.05) is 23.4 Å². The number of phenols is 1. The lowest BCUT2D eigenvalue weighted by atomic mass is 10.1. The highest BCUT2D eigenvalue weighted by Gasteiger charge is 2.28. The zero-order chi connectivity index (χ0) is 16.3. The quantitative estimate of drug-likeness (QED) is 0.495. The van der Waals surface area contributed by atoms with Gasteiger partial charge in [0.2, 0.25) is 5.75 Å². The van der Waals surface area contributed by atoms with Crippen molar-refractivity contribution in [2.45, 2.75) is 46.7 Å². The van der Waals surface area contributed by atoms with E-state index in [1.54, 1.807) is 20.8 Å². The van der Waals surface area contributed by atoms with E-state index in [1.165, 1.54) is 0 Å². The maximum atomic E-state index is 14.2. The summed E-state index contributed by atoms with van der Waals surface area (Å²) in [5.74, 6) is -1.37. The van der Waals surface area contributed by atoms with E-state index in [9.17, 15) is 19.6 Å². The van der Waals surface area contributed by atoms with Gasteiger partial charge in [-0.05, 0) is 40.7 Å². The first-order valence-electron chi connectivity index (χ1n) is 6.66. The molecule has 1 aromatic carbocycles. The molecule has 21 heavy (non-hydrogen) atoms. The first kappa shape index (κ1) is 16.9. The van der Waals surface area contributed by atoms with Crippen LogP contribution in [0.25, 0.3) is 0 Å². The summed E-state index contributed by atoms with van der Waals surface area (Å²) in [4.78, 5) is 14.6. The van der Waals surface area contributed by atoms with E-state index in [0.717, 1.165) is 6.07 Å². The van der Waals surface area contributed by atoms with Crippen LogP contribution in [0.2, 0.25) is 0 Å². The van der Waals surface area contributed by atoms with Gasteiger partial charge in [-0.2, -0.15) is 0 Å². The second-order valence-corrected chi connectivity index (χ2v) is 5.34. The molecule has 0 fully saturated rings. The van der Waals surface area contributed by atoms with Crippen LogP contribution in [-0.4, -0.2) is 27.8 Å². The lowest BCUT2D eigenvalue weighted by Crippen LogP contribution is -2.14. The molecule has 0 unspecified atom stereocenters. The van der Waals surface area contributed by atoms with Crippen molar-refractivity contribution in [1.29, 1.82) is 0 Å². The number of phenolic OH excluding ortho intramolecular Hbond substituents is 1. The van der Waals surface area contributed by atoms with Gasteiger partial charge in [-0.25, -0.2) is 4.39 Å². The molecule has 0 saturated heterocycles. The standard InChI is InChI=1S/C14H20FN3O3/c1-7(2)16-9(5)10-6-11(15)12(17-8(3)4)13(14(10)19)18(20)21/h6-8,17,19H,1-5H3/b16-9+. The Morgan fingerprint density at radius 1 is 1.43 bits per heavy atom. The minimum absolute atomic E-state index is 0.0298. The third kappa shape index (κ3) is 3.90. The van der Waals surface area contributed by atoms with Gasteiger partial charge >= 0.3 is 5.69 Å². The van der Waals surface area contributed by atoms with Crippen LogP contribution in [-0.2, 0) is 0 Å². The van der Waals surface area contributed by atoms with Gasteiger partial charge < -0.3 is 10.4 Å². The highest BCUT2D eigenvalue weighted by molar-refractivity contribution is 6.03. The van der Waals surface area contributed by atoms with Crippen molar-refractivity contribution >= 4 is 17.1 Å². The number of hydrogen-bond acceptors (Lipinski definition) is 5. The molecule has 0 aliphatic rings. The van der Waals surface area contributed by atoms with E-state index in [2.05, 4.69) is 10.3 Å². The molecule has 116 valence electrons. The number of aliphatic imine (C=N–C) groups is 1. The molecule has 0 aliphatic heterocycles. The van der Waals surface area contributed by atoms with E-state index in [1.807, 2.05) is 13.8 Å². The van der Waals surface area contributed by atoms with Crippen molar-refractivity contribution in [1.82, 2.24) is 0 Å². The van der Waals surface area contributed by atoms with E-state index < -0.39 is 22.2 Å². The van der Waals surface area contributed by atoms with Gasteiger partial charge in [0.15, 0.2) is 11.5 Å². The Morgan fingerprint density at radius 2 is 2.00 bits per heavy atom. The summed E-state index contributed by atoms with van der Waals surface area (Å²) in [6.45, 7) is 8.66. The Bertz CT molecular complexity index is 583. The Labute approximate surface area is 122 Å². The molecule has 6 nitrogen and oxygen atoms in total. The summed E-state index contributed by atoms with van der Waals surface area (Å²) in [6, 6.07) is 0.780. The summed E-state index contributed by atoms with van der Waals surface area (Å²) in [6.07, 6.45) is 0. The lowest BCUT2D eigenvalue weighted by Gasteiger charge is -2.14. The van der Waals surface area contributed by atoms with E-state index in [-0.39, 0.29) is 23.3 Å². The highest BCUT2D eigenvalue weighted by Crippen LogP contribution is 2.40. The Hall–Kier alpha value is -2.18. The van der Waals surface area contributed by atoms with Crippen molar-refractivity contribution in [3.63, 3.8) is 0 Å². The largest absolute Gasteiger partial charge is 0.502 e. The fourth-order valence-corrected chi connectivity index (χ4v) is 1.96. The molecule has 0 atom stereocenters. The number of nitrogens with zero attached hydrogens (tertiary/aromatic N) is 2. The first-order valence-corrected chi connectivity index (χ1v) is 6.66. The maximum Gasteiger partial charge on any atom is 0.337 e. The van der Waals surface area contributed by atoms with Crippen molar-refractivity contribution in [3.8, 4) is 5.75 Å². The number of benzene rings is 1. The average molecular weight is 297 g/mol. The number of halogens is 1. The lowest BCUT2D eigenvalue weighted by molar-refractivity contribution is -0.385. The van der Waals surface area contributed by atoms with Gasteiger partial charge in [0.25, 0.3) is 0 Å². The molecule has 2 N–H and O–H groups in total. The van der Waals surface area contributed by atoms with E-state index in [0.29, 0.717) is 5.71 Å². The summed E-state index contributed by atoms with van der Waals surface area (Å²) in [5.41, 5.74) is -0.603. The molecular weight excluding hydrogens is 277 g/mol. The van der Waals surface area contributed by atoms with Crippen LogP contribution in [0.4, 0.5) is 15.8 Å². The summed E-state index contributed by atoms with van der Waals surface area (Å²) in [5, 5.41) is 24.0. The number of nitro benzene ring substituents is 1. The third-order valence-corrected chi connectivity index (χ3v) is 2.68. The number of nitrogens with one attached hydrogen (secondary N) is 1. The minimum Gasteiger partial charge on any atom is -0.502 e. The predicted octanol–water partition coefficient (Wildman–Crippen LogP) is 3.48. The van der Waals surface area contributed by atoms with Crippen molar-refractivity contribution < 1.29 is 14.4 Å². The number of anilines is 1. The third-order valence-electron chi connectivity index (χ3n) is 2.68. The number of rotatable bonds is 5. The van der Waals surface area contributed by atoms with Gasteiger partial charge in [-0.3, -0.25) is 15.1 Å². The summed E-state index contributed by atoms with van der Waals surface area (Å²) < 4.78 is 14.2. The second kappa shape index (κ2) is 6.51. The Morgan fingerprint density at radius 3 is 2.43 bits per heavy atom. The molecule has 1 rings (SSSR count). The molecule has 0 bridgehead atoms. The summed E-state index contributed by atoms with van der Waals surface area (Å²) >= 11 is 0. The zero-order valence-electron chi connectivity index (χ0n) is 12.8. The Kier molecular flexibility index (Phi) is 5.23. The molecular formula is C14H20FN3O3. The highest BCUT2D eigenvalue weighted by atomic mass is 19.1. The SMILES string of the molecule is C/C(=N\C(C)C)c1cc(F)c(NC(C)C)c([N+](=O)[O-])c1O. The van der Waals surface area contributed by atoms with Crippen molar-refractivity contribution in [2.75, 3.05) is 5.32 Å². The van der Waals surface area contributed by atoms with Crippen LogP contribution in [0.3, 0.4) is 0 Å². The molecule has 1 aromatic rings. The maximum absolute atomic E-state index is 14.2. The molecule has 0 saturated carbocycles. The van der Waals surface area contributed by atoms with E-state index in [4.69, 9.17) is 0 Å². The van der Waals surface area contributed by atoms with Crippen LogP contribution < -0.4 is 5.32 Å². The number of hydrogen-bond donors (Lipinski definition) is 2. The second-order valence-electron chi connectivity index (χ2n) is 5.34. The molecule has 7 heteroatoms. The molecule has 0 aliphatic carbocycles. The zero-order valence-corrected chi connectivity index (χ0v) is 12.8. The van der Waals surface area contributed by atoms with E-state index >= 15 is 0 Å². The normalized spacial score (nSPS) is 12.1. The van der Waals surface area contributed by atoms with Gasteiger partial charge in [-0.1, -0.05) is 0 Å². The van der Waals surface area contributed by atoms with Crippen molar-refractivity contribution in [3.05, 3.63) is 27.6 Å². The Balaban J connectivity index is 3.56. The average Bonchev–Trinajstić information content (AvgIpc) is 2.31. The molecule has 0 aromatic heterocycles. The summed E-state index contributed by atoms with van der Waals surface area (Å²) in [7, 11) is 0. The first-order chi connectivity index (χ1) is 9.65. The minimum atomic E-state index is -0.796. The smallest absolute Gasteiger partial charge is 0.337 e. The number of aromatic hydroxyl groups is 1. The fraction of sp³-hybridized carbons (Fsp3) is 0.500. The fourth-order valence-electron chi connectivity index (χ4n) is 1.96. The van der Waals surface area contributed by atoms with Crippen LogP contribution in [0.15, 0.2) is 11.1 Å². The van der Waals surface area contributed by atoms with Crippen LogP contribution >= 0.6 is 0 Å². The number of nitro groups is 1. The van der Waals surface area contributed by atoms with Gasteiger partial charge in [0.1, 0.15) is 0 Å².